The molecule has 0 fully saturated rings. The van der Waals surface area contributed by atoms with E-state index in [0.29, 0.717) is 11.3 Å². The maximum absolute atomic E-state index is 12.0. The highest BCUT2D eigenvalue weighted by atomic mass is 35.5. The minimum Gasteiger partial charge on any atom is -0.397 e. The average Bonchev–Trinajstić information content (AvgIpc) is 2.29. The normalized spacial score (nSPS) is 10.1. The average molecular weight is 233 g/mol. The fraction of sp³-hybridized carbons (Fsp3) is 0. The van der Waals surface area contributed by atoms with Crippen LogP contribution >= 0.6 is 11.6 Å². The maximum Gasteiger partial charge on any atom is 0.212 e. The number of ketones is 1. The molecule has 0 atom stereocenters. The fourth-order valence-electron chi connectivity index (χ4n) is 1.35. The van der Waals surface area contributed by atoms with Gasteiger partial charge in [0.15, 0.2) is 0 Å². The zero-order valence-corrected chi connectivity index (χ0v) is 9.11. The van der Waals surface area contributed by atoms with Crippen LogP contribution in [0.2, 0.25) is 5.02 Å². The highest BCUT2D eigenvalue weighted by Gasteiger charge is 2.13. The molecule has 4 heteroatoms. The molecule has 0 saturated carbocycles. The summed E-state index contributed by atoms with van der Waals surface area (Å²) >= 11 is 5.91. The molecule has 0 radical (unpaired) electrons. The number of hydrogen-bond donors (Lipinski definition) is 1. The second-order valence-electron chi connectivity index (χ2n) is 3.29. The van der Waals surface area contributed by atoms with Crippen LogP contribution < -0.4 is 5.73 Å². The van der Waals surface area contributed by atoms with Gasteiger partial charge in [0.2, 0.25) is 5.78 Å². The van der Waals surface area contributed by atoms with E-state index in [1.54, 1.807) is 24.3 Å². The monoisotopic (exact) mass is 232 g/mol. The van der Waals surface area contributed by atoms with E-state index in [0.717, 1.165) is 0 Å². The molecule has 0 bridgehead atoms. The van der Waals surface area contributed by atoms with E-state index >= 15 is 0 Å². The van der Waals surface area contributed by atoms with Gasteiger partial charge in [-0.25, -0.2) is 4.98 Å². The highest BCUT2D eigenvalue weighted by Crippen LogP contribution is 2.19. The first-order valence-corrected chi connectivity index (χ1v) is 5.07. The molecule has 0 amide bonds. The number of aromatic nitrogens is 1. The summed E-state index contributed by atoms with van der Waals surface area (Å²) in [5.41, 5.74) is 6.73. The molecule has 2 N–H and O–H groups in total. The van der Waals surface area contributed by atoms with Gasteiger partial charge in [0, 0.05) is 5.56 Å². The molecule has 1 aromatic carbocycles. The maximum atomic E-state index is 12.0. The molecule has 16 heavy (non-hydrogen) atoms. The van der Waals surface area contributed by atoms with Crippen LogP contribution in [-0.2, 0) is 0 Å². The number of hydrogen-bond acceptors (Lipinski definition) is 3. The first kappa shape index (κ1) is 10.6. The fourth-order valence-corrected chi connectivity index (χ4v) is 1.61. The van der Waals surface area contributed by atoms with Crippen molar-refractivity contribution in [3.05, 3.63) is 58.9 Å². The van der Waals surface area contributed by atoms with E-state index in [-0.39, 0.29) is 16.5 Å². The number of anilines is 1. The third kappa shape index (κ3) is 2.04. The van der Waals surface area contributed by atoms with Crippen LogP contribution in [0.5, 0.6) is 0 Å². The van der Waals surface area contributed by atoms with E-state index in [2.05, 4.69) is 4.98 Å². The van der Waals surface area contributed by atoms with Crippen molar-refractivity contribution < 1.29 is 4.79 Å². The van der Waals surface area contributed by atoms with Crippen LogP contribution in [0.4, 0.5) is 5.69 Å². The zero-order valence-electron chi connectivity index (χ0n) is 8.35. The van der Waals surface area contributed by atoms with Gasteiger partial charge in [-0.1, -0.05) is 41.9 Å². The van der Waals surface area contributed by atoms with Gasteiger partial charge in [-0.15, -0.1) is 0 Å². The molecule has 2 rings (SSSR count). The van der Waals surface area contributed by atoms with Gasteiger partial charge < -0.3 is 5.73 Å². The van der Waals surface area contributed by atoms with Crippen molar-refractivity contribution in [3.8, 4) is 0 Å². The summed E-state index contributed by atoms with van der Waals surface area (Å²) in [7, 11) is 0. The molecule has 1 aromatic heterocycles. The molecule has 80 valence electrons. The highest BCUT2D eigenvalue weighted by molar-refractivity contribution is 6.34. The Morgan fingerprint density at radius 1 is 1.25 bits per heavy atom. The van der Waals surface area contributed by atoms with Gasteiger partial charge in [-0.2, -0.15) is 0 Å². The van der Waals surface area contributed by atoms with Crippen LogP contribution in [0.15, 0.2) is 42.6 Å². The number of carbonyl (C=O) groups excluding carboxylic acids is 1. The second-order valence-corrected chi connectivity index (χ2v) is 3.70. The largest absolute Gasteiger partial charge is 0.397 e. The summed E-state index contributed by atoms with van der Waals surface area (Å²) in [6, 6.07) is 10.4. The standard InChI is InChI=1S/C12H9ClN2O/c13-10-6-9(14)7-15-11(10)12(16)8-4-2-1-3-5-8/h1-7H,14H2. The summed E-state index contributed by atoms with van der Waals surface area (Å²) < 4.78 is 0. The smallest absolute Gasteiger partial charge is 0.212 e. The summed E-state index contributed by atoms with van der Waals surface area (Å²) in [6.45, 7) is 0. The van der Waals surface area contributed by atoms with E-state index < -0.39 is 0 Å². The molecule has 3 nitrogen and oxygen atoms in total. The molecule has 0 spiro atoms. The van der Waals surface area contributed by atoms with Crippen LogP contribution in [0.25, 0.3) is 0 Å². The molecule has 0 aliphatic rings. The minimum absolute atomic E-state index is 0.203. The van der Waals surface area contributed by atoms with Crippen molar-refractivity contribution in [1.29, 1.82) is 0 Å². The first-order chi connectivity index (χ1) is 7.68. The Kier molecular flexibility index (Phi) is 2.88. The van der Waals surface area contributed by atoms with Crippen molar-refractivity contribution >= 4 is 23.1 Å². The molecule has 0 aliphatic carbocycles. The summed E-state index contributed by atoms with van der Waals surface area (Å²) in [5, 5.41) is 0.272. The number of rotatable bonds is 2. The molecule has 1 heterocycles. The Hall–Kier alpha value is -1.87. The number of nitrogen functional groups attached to an aromatic ring is 1. The van der Waals surface area contributed by atoms with E-state index in [4.69, 9.17) is 17.3 Å². The number of benzene rings is 1. The summed E-state index contributed by atoms with van der Waals surface area (Å²) in [6.07, 6.45) is 1.42. The van der Waals surface area contributed by atoms with E-state index in [1.165, 1.54) is 12.3 Å². The number of carbonyl (C=O) groups is 1. The van der Waals surface area contributed by atoms with Crippen LogP contribution in [0.1, 0.15) is 16.1 Å². The molecule has 0 unspecified atom stereocenters. The topological polar surface area (TPSA) is 56.0 Å². The lowest BCUT2D eigenvalue weighted by Gasteiger charge is -2.03. The van der Waals surface area contributed by atoms with Gasteiger partial charge in [0.25, 0.3) is 0 Å². The van der Waals surface area contributed by atoms with Gasteiger partial charge >= 0.3 is 0 Å². The predicted molar refractivity (Wildman–Crippen MR) is 63.5 cm³/mol. The summed E-state index contributed by atoms with van der Waals surface area (Å²) in [4.78, 5) is 15.9. The third-order valence-corrected chi connectivity index (χ3v) is 2.40. The van der Waals surface area contributed by atoms with Crippen molar-refractivity contribution in [1.82, 2.24) is 4.98 Å². The van der Waals surface area contributed by atoms with Gasteiger partial charge in [-0.3, -0.25) is 4.79 Å². The Morgan fingerprint density at radius 3 is 2.56 bits per heavy atom. The van der Waals surface area contributed by atoms with Crippen molar-refractivity contribution in [2.45, 2.75) is 0 Å². The van der Waals surface area contributed by atoms with Gasteiger partial charge in [0.1, 0.15) is 5.69 Å². The van der Waals surface area contributed by atoms with Gasteiger partial charge in [0.05, 0.1) is 16.9 Å². The first-order valence-electron chi connectivity index (χ1n) is 4.69. The number of pyridine rings is 1. The molecular formula is C12H9ClN2O. The van der Waals surface area contributed by atoms with E-state index in [1.807, 2.05) is 6.07 Å². The number of halogens is 1. The lowest BCUT2D eigenvalue weighted by Crippen LogP contribution is -2.05. The Bertz CT molecular complexity index is 526. The second kappa shape index (κ2) is 4.33. The third-order valence-electron chi connectivity index (χ3n) is 2.11. The number of nitrogens with zero attached hydrogens (tertiary/aromatic N) is 1. The molecular weight excluding hydrogens is 224 g/mol. The Labute approximate surface area is 97.9 Å². The van der Waals surface area contributed by atoms with E-state index in [9.17, 15) is 4.79 Å². The lowest BCUT2D eigenvalue weighted by molar-refractivity contribution is 0.103. The zero-order chi connectivity index (χ0) is 11.5. The molecule has 0 aliphatic heterocycles. The number of nitrogens with two attached hydrogens (primary N) is 1. The SMILES string of the molecule is Nc1cnc(C(=O)c2ccccc2)c(Cl)c1. The van der Waals surface area contributed by atoms with Crippen LogP contribution in [-0.4, -0.2) is 10.8 Å². The summed E-state index contributed by atoms with van der Waals surface area (Å²) in [5.74, 6) is -0.203. The molecule has 2 aromatic rings. The van der Waals surface area contributed by atoms with Crippen LogP contribution in [0.3, 0.4) is 0 Å². The predicted octanol–water partition coefficient (Wildman–Crippen LogP) is 2.55. The Morgan fingerprint density at radius 2 is 1.94 bits per heavy atom. The Balaban J connectivity index is 2.42. The van der Waals surface area contributed by atoms with Crippen LogP contribution in [0, 0.1) is 0 Å². The minimum atomic E-state index is -0.203. The molecule has 0 saturated heterocycles. The lowest BCUT2D eigenvalue weighted by atomic mass is 10.1. The van der Waals surface area contributed by atoms with Crippen molar-refractivity contribution in [3.63, 3.8) is 0 Å². The quantitative estimate of drug-likeness (QED) is 0.810. The van der Waals surface area contributed by atoms with Crippen molar-refractivity contribution in [2.75, 3.05) is 5.73 Å². The van der Waals surface area contributed by atoms with Gasteiger partial charge in [-0.05, 0) is 6.07 Å². The van der Waals surface area contributed by atoms with Crippen molar-refractivity contribution in [2.24, 2.45) is 0 Å².